The second kappa shape index (κ2) is 8.70. The van der Waals surface area contributed by atoms with Crippen molar-refractivity contribution in [3.8, 4) is 0 Å². The summed E-state index contributed by atoms with van der Waals surface area (Å²) in [4.78, 5) is 14.1. The first-order valence-corrected chi connectivity index (χ1v) is 8.07. The van der Waals surface area contributed by atoms with Gasteiger partial charge in [0, 0.05) is 26.8 Å². The van der Waals surface area contributed by atoms with Gasteiger partial charge in [-0.25, -0.2) is 4.79 Å². The molecule has 2 unspecified atom stereocenters. The minimum Gasteiger partial charge on any atom is -0.444 e. The van der Waals surface area contributed by atoms with E-state index in [0.717, 1.165) is 32.4 Å². The zero-order valence-electron chi connectivity index (χ0n) is 14.8. The van der Waals surface area contributed by atoms with Crippen LogP contribution in [0.4, 0.5) is 4.79 Å². The summed E-state index contributed by atoms with van der Waals surface area (Å²) >= 11 is 0. The third kappa shape index (κ3) is 6.10. The van der Waals surface area contributed by atoms with E-state index in [-0.39, 0.29) is 24.5 Å². The number of rotatable bonds is 7. The standard InChI is InChI=1S/C16H32N2O4/c1-12(14(20-5)21-6)17-10-9-13-8-7-11-18(13)15(19)22-16(2,3)4/h12-14,17H,7-11H2,1-6H3. The Labute approximate surface area is 134 Å². The number of hydrogen-bond donors (Lipinski definition) is 1. The summed E-state index contributed by atoms with van der Waals surface area (Å²) in [6, 6.07) is 0.351. The fourth-order valence-electron chi connectivity index (χ4n) is 2.78. The average molecular weight is 316 g/mol. The predicted octanol–water partition coefficient (Wildman–Crippen LogP) is 2.37. The van der Waals surface area contributed by atoms with Crippen LogP contribution in [0.25, 0.3) is 0 Å². The molecule has 1 aliphatic rings. The van der Waals surface area contributed by atoms with Gasteiger partial charge in [0.2, 0.25) is 0 Å². The highest BCUT2D eigenvalue weighted by Gasteiger charge is 2.31. The molecule has 1 heterocycles. The Bertz CT molecular complexity index is 340. The lowest BCUT2D eigenvalue weighted by Gasteiger charge is -2.29. The third-order valence-electron chi connectivity index (χ3n) is 3.82. The third-order valence-corrected chi connectivity index (χ3v) is 3.82. The maximum atomic E-state index is 12.2. The average Bonchev–Trinajstić information content (AvgIpc) is 2.86. The van der Waals surface area contributed by atoms with Crippen molar-refractivity contribution in [1.82, 2.24) is 10.2 Å². The molecule has 0 bridgehead atoms. The summed E-state index contributed by atoms with van der Waals surface area (Å²) < 4.78 is 15.9. The van der Waals surface area contributed by atoms with Crippen LogP contribution >= 0.6 is 0 Å². The van der Waals surface area contributed by atoms with Crippen molar-refractivity contribution in [1.29, 1.82) is 0 Å². The normalized spacial score (nSPS) is 20.5. The molecule has 1 amide bonds. The van der Waals surface area contributed by atoms with Gasteiger partial charge in [0.25, 0.3) is 0 Å². The minimum absolute atomic E-state index is 0.103. The lowest BCUT2D eigenvalue weighted by molar-refractivity contribution is -0.119. The molecule has 0 aromatic carbocycles. The molecule has 6 heteroatoms. The molecule has 130 valence electrons. The molecule has 2 atom stereocenters. The summed E-state index contributed by atoms with van der Waals surface area (Å²) in [5, 5.41) is 3.39. The number of amides is 1. The van der Waals surface area contributed by atoms with Gasteiger partial charge in [-0.1, -0.05) is 0 Å². The number of ether oxygens (including phenoxy) is 3. The highest BCUT2D eigenvalue weighted by Crippen LogP contribution is 2.22. The molecule has 1 fully saturated rings. The number of nitrogens with zero attached hydrogens (tertiary/aromatic N) is 1. The lowest BCUT2D eigenvalue weighted by Crippen LogP contribution is -2.43. The van der Waals surface area contributed by atoms with Crippen LogP contribution in [0, 0.1) is 0 Å². The van der Waals surface area contributed by atoms with E-state index < -0.39 is 5.60 Å². The fourth-order valence-corrected chi connectivity index (χ4v) is 2.78. The van der Waals surface area contributed by atoms with E-state index in [0.29, 0.717) is 0 Å². The summed E-state index contributed by atoms with van der Waals surface area (Å²) in [6.07, 6.45) is 2.52. The van der Waals surface area contributed by atoms with Crippen molar-refractivity contribution in [2.75, 3.05) is 27.3 Å². The first-order valence-electron chi connectivity index (χ1n) is 8.07. The predicted molar refractivity (Wildman–Crippen MR) is 85.8 cm³/mol. The number of carbonyl (C=O) groups excluding carboxylic acids is 1. The monoisotopic (exact) mass is 316 g/mol. The van der Waals surface area contributed by atoms with Crippen molar-refractivity contribution in [3.63, 3.8) is 0 Å². The van der Waals surface area contributed by atoms with E-state index in [1.165, 1.54) is 0 Å². The molecule has 6 nitrogen and oxygen atoms in total. The maximum absolute atomic E-state index is 12.2. The van der Waals surface area contributed by atoms with E-state index in [2.05, 4.69) is 5.32 Å². The molecular weight excluding hydrogens is 284 g/mol. The van der Waals surface area contributed by atoms with Crippen molar-refractivity contribution in [2.24, 2.45) is 0 Å². The van der Waals surface area contributed by atoms with Gasteiger partial charge in [-0.05, 0) is 53.5 Å². The van der Waals surface area contributed by atoms with Gasteiger partial charge < -0.3 is 24.4 Å². The van der Waals surface area contributed by atoms with Crippen LogP contribution in [-0.4, -0.2) is 62.3 Å². The molecule has 22 heavy (non-hydrogen) atoms. The van der Waals surface area contributed by atoms with Gasteiger partial charge in [0.05, 0.1) is 6.04 Å². The minimum atomic E-state index is -0.443. The zero-order chi connectivity index (χ0) is 16.8. The summed E-state index contributed by atoms with van der Waals surface area (Å²) in [6.45, 7) is 9.32. The van der Waals surface area contributed by atoms with Crippen LogP contribution in [0.5, 0.6) is 0 Å². The summed E-state index contributed by atoms with van der Waals surface area (Å²) in [5.41, 5.74) is -0.443. The molecule has 1 N–H and O–H groups in total. The zero-order valence-corrected chi connectivity index (χ0v) is 14.8. The van der Waals surface area contributed by atoms with Gasteiger partial charge in [-0.3, -0.25) is 0 Å². The highest BCUT2D eigenvalue weighted by atomic mass is 16.7. The molecule has 0 radical (unpaired) electrons. The van der Waals surface area contributed by atoms with Crippen LogP contribution < -0.4 is 5.32 Å². The van der Waals surface area contributed by atoms with Crippen molar-refractivity contribution in [3.05, 3.63) is 0 Å². The highest BCUT2D eigenvalue weighted by molar-refractivity contribution is 5.68. The molecule has 1 rings (SSSR count). The van der Waals surface area contributed by atoms with Crippen LogP contribution in [-0.2, 0) is 14.2 Å². The Kier molecular flexibility index (Phi) is 7.59. The smallest absolute Gasteiger partial charge is 0.410 e. The summed E-state index contributed by atoms with van der Waals surface area (Å²) in [5.74, 6) is 0. The molecule has 0 aromatic rings. The number of methoxy groups -OCH3 is 2. The van der Waals surface area contributed by atoms with Gasteiger partial charge in [-0.15, -0.1) is 0 Å². The van der Waals surface area contributed by atoms with Crippen molar-refractivity contribution >= 4 is 6.09 Å². The molecule has 0 aromatic heterocycles. The van der Waals surface area contributed by atoms with Gasteiger partial charge in [0.1, 0.15) is 5.60 Å². The number of nitrogens with one attached hydrogen (secondary N) is 1. The SMILES string of the molecule is COC(OC)C(C)NCCC1CCCN1C(=O)OC(C)(C)C. The fraction of sp³-hybridized carbons (Fsp3) is 0.938. The Balaban J connectivity index is 2.40. The molecule has 0 aliphatic carbocycles. The van der Waals surface area contributed by atoms with Crippen LogP contribution in [0.3, 0.4) is 0 Å². The topological polar surface area (TPSA) is 60.0 Å². The molecule has 0 saturated carbocycles. The molecule has 1 saturated heterocycles. The van der Waals surface area contributed by atoms with E-state index in [1.807, 2.05) is 32.6 Å². The second-order valence-electron chi connectivity index (χ2n) is 6.84. The van der Waals surface area contributed by atoms with E-state index in [1.54, 1.807) is 14.2 Å². The number of likely N-dealkylation sites (tertiary alicyclic amines) is 1. The van der Waals surface area contributed by atoms with E-state index >= 15 is 0 Å². The largest absolute Gasteiger partial charge is 0.444 e. The van der Waals surface area contributed by atoms with Crippen LogP contribution in [0.2, 0.25) is 0 Å². The maximum Gasteiger partial charge on any atom is 0.410 e. The first kappa shape index (κ1) is 19.2. The van der Waals surface area contributed by atoms with E-state index in [9.17, 15) is 4.79 Å². The van der Waals surface area contributed by atoms with Crippen molar-refractivity contribution < 1.29 is 19.0 Å². The summed E-state index contributed by atoms with van der Waals surface area (Å²) in [7, 11) is 3.26. The van der Waals surface area contributed by atoms with Gasteiger partial charge >= 0.3 is 6.09 Å². The van der Waals surface area contributed by atoms with Crippen LogP contribution in [0.15, 0.2) is 0 Å². The van der Waals surface area contributed by atoms with Gasteiger partial charge in [-0.2, -0.15) is 0 Å². The molecule has 1 aliphatic heterocycles. The van der Waals surface area contributed by atoms with Gasteiger partial charge in [0.15, 0.2) is 6.29 Å². The Morgan fingerprint density at radius 3 is 2.50 bits per heavy atom. The first-order chi connectivity index (χ1) is 10.3. The Morgan fingerprint density at radius 1 is 1.32 bits per heavy atom. The molecule has 0 spiro atoms. The van der Waals surface area contributed by atoms with Crippen LogP contribution in [0.1, 0.15) is 47.0 Å². The number of carbonyl (C=O) groups is 1. The van der Waals surface area contributed by atoms with Crippen molar-refractivity contribution in [2.45, 2.75) is 70.9 Å². The lowest BCUT2D eigenvalue weighted by atomic mass is 10.1. The number of hydrogen-bond acceptors (Lipinski definition) is 5. The Morgan fingerprint density at radius 2 is 1.95 bits per heavy atom. The Hall–Kier alpha value is -0.850. The quantitative estimate of drug-likeness (QED) is 0.731. The second-order valence-corrected chi connectivity index (χ2v) is 6.84. The van der Waals surface area contributed by atoms with E-state index in [4.69, 9.17) is 14.2 Å². The molecular formula is C16H32N2O4.